The first kappa shape index (κ1) is 19.4. The van der Waals surface area contributed by atoms with Gasteiger partial charge in [0.05, 0.1) is 12.7 Å². The molecule has 8 heteroatoms. The smallest absolute Gasteiger partial charge is 0.364 e. The third kappa shape index (κ3) is 2.98. The van der Waals surface area contributed by atoms with Crippen LogP contribution in [0, 0.1) is 0 Å². The van der Waals surface area contributed by atoms with Crippen molar-refractivity contribution in [2.45, 2.75) is 5.72 Å². The molecular weight excluding hydrogens is 366 g/mol. The average molecular weight is 385 g/mol. The summed E-state index contributed by atoms with van der Waals surface area (Å²) in [5.74, 6) is -1.73. The van der Waals surface area contributed by atoms with E-state index in [2.05, 4.69) is 0 Å². The highest BCUT2D eigenvalue weighted by atomic mass is 16.6. The van der Waals surface area contributed by atoms with Gasteiger partial charge in [-0.15, -0.1) is 0 Å². The Balaban J connectivity index is 2.34. The number of esters is 1. The number of aliphatic hydroxyl groups is 1. The number of aromatic hydroxyl groups is 2. The van der Waals surface area contributed by atoms with Crippen molar-refractivity contribution in [2.24, 2.45) is 0 Å². The molecule has 0 bridgehead atoms. The molecule has 0 fully saturated rings. The molecule has 0 spiro atoms. The van der Waals surface area contributed by atoms with Gasteiger partial charge < -0.3 is 24.8 Å². The molecule has 1 aliphatic heterocycles. The van der Waals surface area contributed by atoms with Gasteiger partial charge in [-0.3, -0.25) is 9.69 Å². The summed E-state index contributed by atoms with van der Waals surface area (Å²) in [6, 6.07) is 11.5. The van der Waals surface area contributed by atoms with Gasteiger partial charge >= 0.3 is 5.97 Å². The predicted octanol–water partition coefficient (Wildman–Crippen LogP) is 1.32. The van der Waals surface area contributed by atoms with Crippen molar-refractivity contribution in [2.75, 3.05) is 21.0 Å². The summed E-state index contributed by atoms with van der Waals surface area (Å²) in [6.45, 7) is -0.367. The van der Waals surface area contributed by atoms with E-state index in [1.807, 2.05) is 0 Å². The number of phenols is 2. The number of hydrogen-bond acceptors (Lipinski definition) is 7. The minimum atomic E-state index is -2.44. The number of benzene rings is 2. The number of methoxy groups -OCH3 is 2. The Morgan fingerprint density at radius 3 is 1.93 bits per heavy atom. The van der Waals surface area contributed by atoms with E-state index in [0.717, 1.165) is 12.0 Å². The van der Waals surface area contributed by atoms with Crippen LogP contribution in [0.2, 0.25) is 0 Å². The summed E-state index contributed by atoms with van der Waals surface area (Å²) in [7, 11) is 2.42. The molecular formula is C20H19NO7. The highest BCUT2D eigenvalue weighted by Crippen LogP contribution is 2.45. The monoisotopic (exact) mass is 385 g/mol. The van der Waals surface area contributed by atoms with E-state index in [4.69, 9.17) is 9.47 Å². The molecule has 3 N–H and O–H groups in total. The van der Waals surface area contributed by atoms with E-state index in [1.54, 1.807) is 0 Å². The van der Waals surface area contributed by atoms with Crippen molar-refractivity contribution in [3.05, 3.63) is 59.7 Å². The Morgan fingerprint density at radius 1 is 0.964 bits per heavy atom. The first-order chi connectivity index (χ1) is 13.3. The van der Waals surface area contributed by atoms with Gasteiger partial charge in [-0.25, -0.2) is 4.79 Å². The molecule has 2 aromatic rings. The first-order valence-electron chi connectivity index (χ1n) is 8.29. The number of hydrogen-bond donors (Lipinski definition) is 3. The van der Waals surface area contributed by atoms with Crippen LogP contribution >= 0.6 is 0 Å². The predicted molar refractivity (Wildman–Crippen MR) is 98.7 cm³/mol. The molecule has 0 unspecified atom stereocenters. The van der Waals surface area contributed by atoms with E-state index < -0.39 is 17.6 Å². The Labute approximate surface area is 160 Å². The SMILES string of the molecule is COCN1C(=O)C(c2ccc(O)cc2)=C(c2ccc(O)cc2)[C@]1(O)C(=O)OC. The minimum absolute atomic E-state index is 0.00189. The fraction of sp³-hybridized carbons (Fsp3) is 0.200. The first-order valence-corrected chi connectivity index (χ1v) is 8.29. The lowest BCUT2D eigenvalue weighted by Crippen LogP contribution is -2.55. The molecule has 146 valence electrons. The Bertz CT molecular complexity index is 934. The number of carbonyl (C=O) groups is 2. The van der Waals surface area contributed by atoms with Crippen molar-refractivity contribution in [1.29, 1.82) is 0 Å². The molecule has 2 aromatic carbocycles. The molecule has 0 saturated carbocycles. The third-order valence-corrected chi connectivity index (χ3v) is 4.49. The van der Waals surface area contributed by atoms with Gasteiger partial charge in [-0.1, -0.05) is 24.3 Å². The largest absolute Gasteiger partial charge is 0.508 e. The number of amides is 1. The Kier molecular flexibility index (Phi) is 5.08. The number of phenolic OH excluding ortho intramolecular Hbond substituents is 2. The van der Waals surface area contributed by atoms with Crippen LogP contribution in [0.25, 0.3) is 11.1 Å². The number of rotatable bonds is 5. The topological polar surface area (TPSA) is 117 Å². The molecule has 0 saturated heterocycles. The van der Waals surface area contributed by atoms with E-state index >= 15 is 0 Å². The molecule has 8 nitrogen and oxygen atoms in total. The van der Waals surface area contributed by atoms with Crippen LogP contribution in [-0.4, -0.2) is 58.8 Å². The molecule has 0 aromatic heterocycles. The Hall–Kier alpha value is -3.36. The maximum Gasteiger partial charge on any atom is 0.364 e. The van der Waals surface area contributed by atoms with Crippen LogP contribution in [0.1, 0.15) is 11.1 Å². The quantitative estimate of drug-likeness (QED) is 0.665. The second-order valence-electron chi connectivity index (χ2n) is 6.16. The number of nitrogens with zero attached hydrogens (tertiary/aromatic N) is 1. The minimum Gasteiger partial charge on any atom is -0.508 e. The maximum atomic E-state index is 13.2. The molecule has 3 rings (SSSR count). The van der Waals surface area contributed by atoms with Crippen molar-refractivity contribution in [3.8, 4) is 11.5 Å². The van der Waals surface area contributed by atoms with Gasteiger partial charge in [-0.05, 0) is 35.4 Å². The number of ether oxygens (including phenoxy) is 2. The molecule has 1 amide bonds. The van der Waals surface area contributed by atoms with E-state index in [-0.39, 0.29) is 29.4 Å². The summed E-state index contributed by atoms with van der Waals surface area (Å²) >= 11 is 0. The molecule has 1 atom stereocenters. The average Bonchev–Trinajstić information content (AvgIpc) is 2.91. The molecule has 1 aliphatic rings. The molecule has 0 radical (unpaired) electrons. The van der Waals surface area contributed by atoms with E-state index in [0.29, 0.717) is 11.1 Å². The van der Waals surface area contributed by atoms with Gasteiger partial charge in [0.1, 0.15) is 18.2 Å². The number of carbonyl (C=O) groups excluding carboxylic acids is 2. The third-order valence-electron chi connectivity index (χ3n) is 4.49. The lowest BCUT2D eigenvalue weighted by molar-refractivity contribution is -0.182. The summed E-state index contributed by atoms with van der Waals surface area (Å²) in [5, 5.41) is 30.5. The maximum absolute atomic E-state index is 13.2. The standard InChI is InChI=1S/C20H19NO7/c1-27-11-21-18(24)16(12-3-7-14(22)8-4-12)17(20(21,26)19(25)28-2)13-5-9-15(23)10-6-13/h3-10,22-23,26H,11H2,1-2H3/t20-/m0/s1. The Morgan fingerprint density at radius 2 is 1.46 bits per heavy atom. The van der Waals surface area contributed by atoms with Crippen LogP contribution in [0.5, 0.6) is 11.5 Å². The van der Waals surface area contributed by atoms with Gasteiger partial charge in [-0.2, -0.15) is 0 Å². The summed E-state index contributed by atoms with van der Waals surface area (Å²) < 4.78 is 9.80. The molecule has 28 heavy (non-hydrogen) atoms. The van der Waals surface area contributed by atoms with Crippen LogP contribution in [0.15, 0.2) is 48.5 Å². The lowest BCUT2D eigenvalue weighted by atomic mass is 9.90. The van der Waals surface area contributed by atoms with E-state index in [1.165, 1.54) is 55.6 Å². The highest BCUT2D eigenvalue weighted by Gasteiger charge is 2.57. The van der Waals surface area contributed by atoms with Crippen molar-refractivity contribution < 1.29 is 34.4 Å². The van der Waals surface area contributed by atoms with Crippen molar-refractivity contribution in [3.63, 3.8) is 0 Å². The molecule has 0 aliphatic carbocycles. The zero-order chi connectivity index (χ0) is 20.5. The summed E-state index contributed by atoms with van der Waals surface area (Å²) in [6.07, 6.45) is 0. The van der Waals surface area contributed by atoms with Crippen LogP contribution in [0.4, 0.5) is 0 Å². The van der Waals surface area contributed by atoms with Gasteiger partial charge in [0.25, 0.3) is 11.6 Å². The zero-order valence-electron chi connectivity index (χ0n) is 15.2. The summed E-state index contributed by atoms with van der Waals surface area (Å²) in [5.41, 5.74) is -1.68. The van der Waals surface area contributed by atoms with Crippen molar-refractivity contribution in [1.82, 2.24) is 4.90 Å². The lowest BCUT2D eigenvalue weighted by Gasteiger charge is -2.32. The van der Waals surface area contributed by atoms with E-state index in [9.17, 15) is 24.9 Å². The van der Waals surface area contributed by atoms with Crippen LogP contribution < -0.4 is 0 Å². The summed E-state index contributed by atoms with van der Waals surface area (Å²) in [4.78, 5) is 26.6. The van der Waals surface area contributed by atoms with Crippen LogP contribution in [0.3, 0.4) is 0 Å². The van der Waals surface area contributed by atoms with Gasteiger partial charge in [0, 0.05) is 12.7 Å². The normalized spacial score (nSPS) is 19.2. The second kappa shape index (κ2) is 7.34. The zero-order valence-corrected chi connectivity index (χ0v) is 15.2. The molecule has 1 heterocycles. The second-order valence-corrected chi connectivity index (χ2v) is 6.16. The van der Waals surface area contributed by atoms with Crippen LogP contribution in [-0.2, 0) is 19.1 Å². The van der Waals surface area contributed by atoms with Crippen molar-refractivity contribution >= 4 is 23.0 Å². The van der Waals surface area contributed by atoms with Gasteiger partial charge in [0.2, 0.25) is 0 Å². The highest BCUT2D eigenvalue weighted by molar-refractivity contribution is 6.34. The van der Waals surface area contributed by atoms with Gasteiger partial charge in [0.15, 0.2) is 0 Å². The fourth-order valence-electron chi connectivity index (χ4n) is 3.20. The fourth-order valence-corrected chi connectivity index (χ4v) is 3.20.